The maximum atomic E-state index is 12.0. The molecule has 0 atom stereocenters. The van der Waals surface area contributed by atoms with Gasteiger partial charge in [-0.25, -0.2) is 0 Å². The minimum absolute atomic E-state index is 0.0780. The highest BCUT2D eigenvalue weighted by Gasteiger charge is 2.08. The van der Waals surface area contributed by atoms with Gasteiger partial charge in [-0.3, -0.25) is 9.59 Å². The molecule has 0 radical (unpaired) electrons. The number of hydrogen-bond acceptors (Lipinski definition) is 5. The molecule has 1 N–H and O–H groups in total. The molecular weight excluding hydrogens is 546 g/mol. The van der Waals surface area contributed by atoms with Crippen molar-refractivity contribution in [2.75, 3.05) is 32.8 Å². The molecule has 0 unspecified atom stereocenters. The van der Waals surface area contributed by atoms with Gasteiger partial charge in [0.2, 0.25) is 0 Å². The number of nitrogens with zero attached hydrogens (tertiary/aromatic N) is 1. The van der Waals surface area contributed by atoms with E-state index < -0.39 is 0 Å². The summed E-state index contributed by atoms with van der Waals surface area (Å²) in [7, 11) is 0. The number of carbonyl (C=O) groups excluding carboxylic acids is 2. The van der Waals surface area contributed by atoms with E-state index in [1.165, 1.54) is 122 Å². The summed E-state index contributed by atoms with van der Waals surface area (Å²) < 4.78 is 5.38. The molecule has 0 aliphatic heterocycles. The van der Waals surface area contributed by atoms with E-state index in [-0.39, 0.29) is 12.6 Å². The van der Waals surface area contributed by atoms with Crippen LogP contribution in [0, 0.1) is 0 Å². The van der Waals surface area contributed by atoms with Crippen molar-refractivity contribution in [3.8, 4) is 0 Å². The minimum atomic E-state index is -0.0780. The van der Waals surface area contributed by atoms with Crippen LogP contribution in [0.25, 0.3) is 0 Å². The lowest BCUT2D eigenvalue weighted by atomic mass is 10.0. The van der Waals surface area contributed by atoms with E-state index in [0.29, 0.717) is 25.4 Å². The summed E-state index contributed by atoms with van der Waals surface area (Å²) >= 11 is 0. The Morgan fingerprint density at radius 3 is 1.34 bits per heavy atom. The Labute approximate surface area is 276 Å². The van der Waals surface area contributed by atoms with Crippen LogP contribution in [0.1, 0.15) is 207 Å². The molecule has 0 aromatic heterocycles. The van der Waals surface area contributed by atoms with E-state index >= 15 is 0 Å². The summed E-state index contributed by atoms with van der Waals surface area (Å²) in [5.74, 6) is 0.377. The lowest BCUT2D eigenvalue weighted by molar-refractivity contribution is -0.144. The van der Waals surface area contributed by atoms with Gasteiger partial charge >= 0.3 is 5.97 Å². The molecule has 0 aromatic carbocycles. The lowest BCUT2D eigenvalue weighted by Gasteiger charge is -2.21. The second-order valence-corrected chi connectivity index (χ2v) is 13.0. The largest absolute Gasteiger partial charge is 0.466 e. The van der Waals surface area contributed by atoms with Crippen LogP contribution in [-0.2, 0) is 14.3 Å². The zero-order valence-corrected chi connectivity index (χ0v) is 30.5. The minimum Gasteiger partial charge on any atom is -0.466 e. The number of aliphatic hydroxyl groups excluding tert-OH is 1. The van der Waals surface area contributed by atoms with E-state index in [4.69, 9.17) is 4.74 Å². The standard InChI is InChI=1S/C31H61NO4.C8H18/c1-3-5-7-8-13-16-20-29-36-31(35)24-21-26-32(27-28-33)25-19-15-12-10-9-11-14-18-23-30(34)22-17-6-4-2;1-3-5-7-8-6-4-2/h33H,3-29H2,1-2H3;3-8H2,1-2H3. The van der Waals surface area contributed by atoms with Gasteiger partial charge < -0.3 is 14.7 Å². The fraction of sp³-hybridized carbons (Fsp3) is 0.949. The molecule has 0 amide bonds. The van der Waals surface area contributed by atoms with Gasteiger partial charge in [0.15, 0.2) is 0 Å². The van der Waals surface area contributed by atoms with Crippen LogP contribution >= 0.6 is 0 Å². The molecule has 264 valence electrons. The number of ether oxygens (including phenoxy) is 1. The van der Waals surface area contributed by atoms with E-state index in [2.05, 4.69) is 32.6 Å². The molecule has 5 heteroatoms. The van der Waals surface area contributed by atoms with Gasteiger partial charge in [0, 0.05) is 25.8 Å². The molecular formula is C39H79NO4. The molecule has 5 nitrogen and oxygen atoms in total. The molecule has 0 fully saturated rings. The number of rotatable bonds is 34. The Hall–Kier alpha value is -0.940. The van der Waals surface area contributed by atoms with Crippen LogP contribution < -0.4 is 0 Å². The van der Waals surface area contributed by atoms with E-state index in [9.17, 15) is 14.7 Å². The smallest absolute Gasteiger partial charge is 0.305 e. The summed E-state index contributed by atoms with van der Waals surface area (Å²) in [5.41, 5.74) is 0. The first-order valence-electron chi connectivity index (χ1n) is 19.6. The van der Waals surface area contributed by atoms with Gasteiger partial charge in [-0.15, -0.1) is 0 Å². The first-order valence-corrected chi connectivity index (χ1v) is 19.6. The molecule has 44 heavy (non-hydrogen) atoms. The number of Topliss-reactive ketones (excluding diaryl/α,β-unsaturated/α-hetero) is 1. The third kappa shape index (κ3) is 39.1. The van der Waals surface area contributed by atoms with Crippen LogP contribution in [0.2, 0.25) is 0 Å². The van der Waals surface area contributed by atoms with Crippen LogP contribution in [0.4, 0.5) is 0 Å². The normalized spacial score (nSPS) is 11.0. The number of carbonyl (C=O) groups is 2. The molecule has 0 saturated heterocycles. The SMILES string of the molecule is CCCCCCCC.CCCCCCCCCOC(=O)CCCN(CCO)CCCCCCCCCCC(=O)CCCCC. The number of hydrogen-bond donors (Lipinski definition) is 1. The molecule has 0 aromatic rings. The maximum Gasteiger partial charge on any atom is 0.305 e. The Balaban J connectivity index is 0. The fourth-order valence-corrected chi connectivity index (χ4v) is 5.51. The van der Waals surface area contributed by atoms with Crippen molar-refractivity contribution in [2.45, 2.75) is 207 Å². The monoisotopic (exact) mass is 626 g/mol. The Kier molecular flexibility index (Phi) is 41.2. The third-order valence-corrected chi connectivity index (χ3v) is 8.48. The highest BCUT2D eigenvalue weighted by Crippen LogP contribution is 2.12. The average molecular weight is 626 g/mol. The summed E-state index contributed by atoms with van der Waals surface area (Å²) in [5, 5.41) is 9.36. The molecule has 0 bridgehead atoms. The van der Waals surface area contributed by atoms with E-state index in [0.717, 1.165) is 64.5 Å². The number of unbranched alkanes of at least 4 members (excludes halogenated alkanes) is 20. The maximum absolute atomic E-state index is 12.0. The zero-order valence-electron chi connectivity index (χ0n) is 30.5. The molecule has 0 aliphatic carbocycles. The van der Waals surface area contributed by atoms with Gasteiger partial charge in [-0.1, -0.05) is 156 Å². The summed E-state index contributed by atoms with van der Waals surface area (Å²) in [6, 6.07) is 0. The summed E-state index contributed by atoms with van der Waals surface area (Å²) in [4.78, 5) is 26.0. The Bertz CT molecular complexity index is 562. The first kappa shape index (κ1) is 45.2. The van der Waals surface area contributed by atoms with Crippen LogP contribution in [0.5, 0.6) is 0 Å². The molecule has 0 spiro atoms. The number of aliphatic hydroxyl groups is 1. The predicted octanol–water partition coefficient (Wildman–Crippen LogP) is 11.4. The Morgan fingerprint density at radius 2 is 0.841 bits per heavy atom. The van der Waals surface area contributed by atoms with Crippen molar-refractivity contribution < 1.29 is 19.4 Å². The second kappa shape index (κ2) is 40.1. The highest BCUT2D eigenvalue weighted by atomic mass is 16.5. The van der Waals surface area contributed by atoms with Gasteiger partial charge in [-0.05, 0) is 45.2 Å². The average Bonchev–Trinajstić information content (AvgIpc) is 3.02. The fourth-order valence-electron chi connectivity index (χ4n) is 5.51. The second-order valence-electron chi connectivity index (χ2n) is 13.0. The molecule has 0 rings (SSSR count). The van der Waals surface area contributed by atoms with Gasteiger partial charge in [0.25, 0.3) is 0 Å². The first-order chi connectivity index (χ1) is 21.5. The van der Waals surface area contributed by atoms with Crippen LogP contribution in [-0.4, -0.2) is 54.6 Å². The third-order valence-electron chi connectivity index (χ3n) is 8.48. The number of esters is 1. The molecule has 0 aliphatic rings. The summed E-state index contributed by atoms with van der Waals surface area (Å²) in [6.45, 7) is 12.2. The zero-order chi connectivity index (χ0) is 32.8. The van der Waals surface area contributed by atoms with Gasteiger partial charge in [-0.2, -0.15) is 0 Å². The number of ketones is 1. The summed E-state index contributed by atoms with van der Waals surface area (Å²) in [6.07, 6.45) is 33.0. The van der Waals surface area contributed by atoms with Crippen molar-refractivity contribution in [2.24, 2.45) is 0 Å². The highest BCUT2D eigenvalue weighted by molar-refractivity contribution is 5.78. The van der Waals surface area contributed by atoms with Crippen molar-refractivity contribution in [1.82, 2.24) is 4.90 Å². The Morgan fingerprint density at radius 1 is 0.455 bits per heavy atom. The molecule has 0 saturated carbocycles. The van der Waals surface area contributed by atoms with Crippen LogP contribution in [0.15, 0.2) is 0 Å². The van der Waals surface area contributed by atoms with E-state index in [1.807, 2.05) is 0 Å². The quantitative estimate of drug-likeness (QED) is 0.0569. The van der Waals surface area contributed by atoms with Crippen molar-refractivity contribution in [3.05, 3.63) is 0 Å². The molecule has 0 heterocycles. The lowest BCUT2D eigenvalue weighted by Crippen LogP contribution is -2.29. The van der Waals surface area contributed by atoms with Gasteiger partial charge in [0.05, 0.1) is 13.2 Å². The van der Waals surface area contributed by atoms with Crippen molar-refractivity contribution in [3.63, 3.8) is 0 Å². The van der Waals surface area contributed by atoms with E-state index in [1.54, 1.807) is 0 Å². The van der Waals surface area contributed by atoms with Crippen molar-refractivity contribution in [1.29, 1.82) is 0 Å². The van der Waals surface area contributed by atoms with Crippen LogP contribution in [0.3, 0.4) is 0 Å². The van der Waals surface area contributed by atoms with Gasteiger partial charge in [0.1, 0.15) is 5.78 Å². The van der Waals surface area contributed by atoms with Crippen molar-refractivity contribution >= 4 is 11.8 Å². The topological polar surface area (TPSA) is 66.8 Å². The predicted molar refractivity (Wildman–Crippen MR) is 191 cm³/mol.